The highest BCUT2D eigenvalue weighted by Gasteiger charge is 2.30. The van der Waals surface area contributed by atoms with Crippen molar-refractivity contribution in [2.24, 2.45) is 11.3 Å². The van der Waals surface area contributed by atoms with Crippen molar-refractivity contribution in [3.63, 3.8) is 0 Å². The predicted molar refractivity (Wildman–Crippen MR) is 145 cm³/mol. The molecule has 0 saturated carbocycles. The van der Waals surface area contributed by atoms with Crippen molar-refractivity contribution in [2.45, 2.75) is 46.1 Å². The van der Waals surface area contributed by atoms with Crippen LogP contribution < -0.4 is 10.3 Å². The quantitative estimate of drug-likeness (QED) is 0.406. The molecule has 3 heterocycles. The Labute approximate surface area is 225 Å². The van der Waals surface area contributed by atoms with Crippen LogP contribution in [0.1, 0.15) is 61.1 Å². The molecule has 0 aliphatic carbocycles. The van der Waals surface area contributed by atoms with Gasteiger partial charge in [0.25, 0.3) is 0 Å². The number of halogens is 2. The summed E-state index contributed by atoms with van der Waals surface area (Å²) in [7, 11) is 0. The van der Waals surface area contributed by atoms with E-state index in [0.717, 1.165) is 12.8 Å². The number of aromatic carboxylic acids is 1. The van der Waals surface area contributed by atoms with Gasteiger partial charge in [-0.25, -0.2) is 14.2 Å². The number of fused-ring (bicyclic) bond motifs is 1. The Morgan fingerprint density at radius 1 is 1.21 bits per heavy atom. The first-order valence-corrected chi connectivity index (χ1v) is 13.1. The van der Waals surface area contributed by atoms with Crippen molar-refractivity contribution in [2.75, 3.05) is 31.2 Å². The maximum absolute atomic E-state index is 14.9. The fourth-order valence-electron chi connectivity index (χ4n) is 5.09. The molecule has 1 aliphatic heterocycles. The average Bonchev–Trinajstić information content (AvgIpc) is 2.87. The van der Waals surface area contributed by atoms with Crippen LogP contribution in [0.5, 0.6) is 0 Å². The van der Waals surface area contributed by atoms with Gasteiger partial charge in [0, 0.05) is 37.9 Å². The van der Waals surface area contributed by atoms with E-state index in [2.05, 4.69) is 0 Å². The third kappa shape index (κ3) is 5.41. The molecule has 2 aromatic heterocycles. The number of pyridine rings is 2. The largest absolute Gasteiger partial charge is 0.477 e. The minimum atomic E-state index is -1.38. The molecule has 1 atom stereocenters. The van der Waals surface area contributed by atoms with E-state index in [1.54, 1.807) is 22.8 Å². The van der Waals surface area contributed by atoms with Gasteiger partial charge in [0.2, 0.25) is 5.43 Å². The maximum atomic E-state index is 14.9. The Kier molecular flexibility index (Phi) is 8.11. The fraction of sp³-hybridized carbons (Fsp3) is 0.464. The SMILES string of the molecule is CC(C)(C)[C@@H](CO)n1cc(C(=O)O)c(=O)c2cc(Cc3cccc(Cl)c3F)c(N3CCC(CO)CC3)nc21. The highest BCUT2D eigenvalue weighted by Crippen LogP contribution is 2.35. The number of aliphatic hydroxyl groups excluding tert-OH is 2. The van der Waals surface area contributed by atoms with Crippen LogP contribution in [-0.4, -0.2) is 57.1 Å². The molecule has 1 fully saturated rings. The van der Waals surface area contributed by atoms with E-state index in [1.165, 1.54) is 12.3 Å². The normalized spacial score (nSPS) is 15.7. The lowest BCUT2D eigenvalue weighted by atomic mass is 9.86. The molecule has 1 saturated heterocycles. The Morgan fingerprint density at radius 3 is 2.47 bits per heavy atom. The Bertz CT molecular complexity index is 1410. The Balaban J connectivity index is 2.00. The van der Waals surface area contributed by atoms with Crippen LogP contribution in [0.25, 0.3) is 11.0 Å². The number of anilines is 1. The Hall–Kier alpha value is -3.01. The van der Waals surface area contributed by atoms with Crippen molar-refractivity contribution in [1.29, 1.82) is 0 Å². The van der Waals surface area contributed by atoms with Gasteiger partial charge in [0.1, 0.15) is 22.8 Å². The number of carboxylic acid groups (broad SMARTS) is 1. The van der Waals surface area contributed by atoms with Crippen LogP contribution in [0.2, 0.25) is 5.02 Å². The number of hydrogen-bond donors (Lipinski definition) is 3. The van der Waals surface area contributed by atoms with Crippen molar-refractivity contribution in [3.8, 4) is 0 Å². The van der Waals surface area contributed by atoms with Crippen LogP contribution in [0.15, 0.2) is 35.3 Å². The molecule has 0 spiro atoms. The molecule has 38 heavy (non-hydrogen) atoms. The number of aliphatic hydroxyl groups is 2. The summed E-state index contributed by atoms with van der Waals surface area (Å²) < 4.78 is 16.5. The average molecular weight is 546 g/mol. The molecular weight excluding hydrogens is 513 g/mol. The van der Waals surface area contributed by atoms with Gasteiger partial charge in [-0.1, -0.05) is 44.5 Å². The number of rotatable bonds is 7. The number of nitrogens with zero attached hydrogens (tertiary/aromatic N) is 3. The van der Waals surface area contributed by atoms with E-state index in [0.29, 0.717) is 30.0 Å². The van der Waals surface area contributed by atoms with Gasteiger partial charge in [-0.2, -0.15) is 0 Å². The highest BCUT2D eigenvalue weighted by molar-refractivity contribution is 6.30. The first-order valence-electron chi connectivity index (χ1n) is 12.7. The van der Waals surface area contributed by atoms with E-state index < -0.39 is 34.2 Å². The zero-order chi connectivity index (χ0) is 27.8. The van der Waals surface area contributed by atoms with Gasteiger partial charge >= 0.3 is 5.97 Å². The molecule has 3 aromatic rings. The lowest BCUT2D eigenvalue weighted by Gasteiger charge is -2.35. The van der Waals surface area contributed by atoms with Crippen molar-refractivity contribution < 1.29 is 24.5 Å². The second-order valence-corrected chi connectivity index (χ2v) is 11.4. The number of carbonyl (C=O) groups is 1. The molecule has 1 aliphatic rings. The first-order chi connectivity index (χ1) is 18.0. The predicted octanol–water partition coefficient (Wildman–Crippen LogP) is 4.27. The monoisotopic (exact) mass is 545 g/mol. The van der Waals surface area contributed by atoms with Gasteiger partial charge in [0.05, 0.1) is 23.1 Å². The van der Waals surface area contributed by atoms with E-state index in [4.69, 9.17) is 16.6 Å². The summed E-state index contributed by atoms with van der Waals surface area (Å²) in [5, 5.41) is 29.7. The topological polar surface area (TPSA) is 116 Å². The summed E-state index contributed by atoms with van der Waals surface area (Å²) >= 11 is 6.02. The molecule has 0 bridgehead atoms. The van der Waals surface area contributed by atoms with Crippen molar-refractivity contribution >= 4 is 34.4 Å². The minimum Gasteiger partial charge on any atom is -0.477 e. The van der Waals surface area contributed by atoms with Crippen LogP contribution in [0, 0.1) is 17.2 Å². The number of piperidine rings is 1. The van der Waals surface area contributed by atoms with Crippen molar-refractivity contribution in [1.82, 2.24) is 9.55 Å². The van der Waals surface area contributed by atoms with Gasteiger partial charge in [-0.3, -0.25) is 4.79 Å². The summed E-state index contributed by atoms with van der Waals surface area (Å²) in [5.74, 6) is -1.22. The molecule has 204 valence electrons. The highest BCUT2D eigenvalue weighted by atomic mass is 35.5. The van der Waals surface area contributed by atoms with E-state index >= 15 is 0 Å². The smallest absolute Gasteiger partial charge is 0.341 e. The number of benzene rings is 1. The van der Waals surface area contributed by atoms with Gasteiger partial charge < -0.3 is 24.8 Å². The lowest BCUT2D eigenvalue weighted by molar-refractivity contribution is 0.0692. The minimum absolute atomic E-state index is 0.0203. The van der Waals surface area contributed by atoms with Crippen LogP contribution in [0.4, 0.5) is 10.2 Å². The molecule has 1 aromatic carbocycles. The standard InChI is InChI=1S/C28H33ClFN3O5/c1-28(2,3)22(15-35)33-13-20(27(37)38)24(36)19-12-18(11-17-5-4-6-21(29)23(17)30)25(31-26(19)33)32-9-7-16(14-34)8-10-32/h4-6,12-13,16,22,34-35H,7-11,14-15H2,1-3H3,(H,37,38)/t22-/m1/s1. The number of aromatic nitrogens is 2. The van der Waals surface area contributed by atoms with E-state index in [1.807, 2.05) is 25.7 Å². The Morgan fingerprint density at radius 2 is 1.89 bits per heavy atom. The zero-order valence-corrected chi connectivity index (χ0v) is 22.5. The second kappa shape index (κ2) is 11.0. The molecule has 3 N–H and O–H groups in total. The van der Waals surface area contributed by atoms with Crippen molar-refractivity contribution in [3.05, 3.63) is 68.2 Å². The molecule has 4 rings (SSSR count). The van der Waals surface area contributed by atoms with Gasteiger partial charge in [0.15, 0.2) is 0 Å². The van der Waals surface area contributed by atoms with Gasteiger partial charge in [-0.15, -0.1) is 0 Å². The second-order valence-electron chi connectivity index (χ2n) is 11.0. The summed E-state index contributed by atoms with van der Waals surface area (Å²) in [6.45, 7) is 6.75. The third-order valence-corrected chi connectivity index (χ3v) is 7.68. The zero-order valence-electron chi connectivity index (χ0n) is 21.7. The first kappa shape index (κ1) is 28.0. The number of carboxylic acids is 1. The van der Waals surface area contributed by atoms with Crippen LogP contribution in [-0.2, 0) is 6.42 Å². The van der Waals surface area contributed by atoms with E-state index in [9.17, 15) is 29.3 Å². The fourth-order valence-corrected chi connectivity index (χ4v) is 5.29. The lowest BCUT2D eigenvalue weighted by Crippen LogP contribution is -2.36. The van der Waals surface area contributed by atoms with Crippen LogP contribution in [0.3, 0.4) is 0 Å². The summed E-state index contributed by atoms with van der Waals surface area (Å²) in [4.78, 5) is 32.3. The summed E-state index contributed by atoms with van der Waals surface area (Å²) in [6.07, 6.45) is 2.83. The maximum Gasteiger partial charge on any atom is 0.341 e. The molecular formula is C28H33ClFN3O5. The molecule has 0 amide bonds. The molecule has 8 nitrogen and oxygen atoms in total. The summed E-state index contributed by atoms with van der Waals surface area (Å²) in [6, 6.07) is 5.74. The van der Waals surface area contributed by atoms with Gasteiger partial charge in [-0.05, 0) is 41.9 Å². The molecule has 0 radical (unpaired) electrons. The molecule has 0 unspecified atom stereocenters. The number of hydrogen-bond acceptors (Lipinski definition) is 6. The summed E-state index contributed by atoms with van der Waals surface area (Å²) in [5.41, 5.74) is -0.482. The third-order valence-electron chi connectivity index (χ3n) is 7.38. The van der Waals surface area contributed by atoms with Crippen LogP contribution >= 0.6 is 11.6 Å². The van der Waals surface area contributed by atoms with E-state index in [-0.39, 0.29) is 41.6 Å². The molecule has 10 heteroatoms.